The number of ketones is 1. The number of nitrogens with one attached hydrogen (secondary N) is 1. The van der Waals surface area contributed by atoms with Gasteiger partial charge in [0.15, 0.2) is 11.4 Å². The van der Waals surface area contributed by atoms with Gasteiger partial charge in [-0.1, -0.05) is 75.9 Å². The number of benzene rings is 2. The molecule has 1 aliphatic heterocycles. The second kappa shape index (κ2) is 15.1. The average molecular weight is 820 g/mol. The van der Waals surface area contributed by atoms with E-state index in [9.17, 15) is 34.8 Å². The number of carbonyl (C=O) groups is 4. The Morgan fingerprint density at radius 2 is 1.56 bits per heavy atom. The fourth-order valence-electron chi connectivity index (χ4n) is 10.1. The molecule has 3 aliphatic carbocycles. The van der Waals surface area contributed by atoms with Gasteiger partial charge in [-0.2, -0.15) is 0 Å². The third-order valence-electron chi connectivity index (χ3n) is 13.6. The van der Waals surface area contributed by atoms with Crippen LogP contribution in [0.3, 0.4) is 0 Å². The summed E-state index contributed by atoms with van der Waals surface area (Å²) in [5.74, 6) is -2.73. The number of rotatable bonds is 9. The third kappa shape index (κ3) is 6.86. The molecule has 14 heteroatoms. The van der Waals surface area contributed by atoms with E-state index in [0.29, 0.717) is 11.1 Å². The van der Waals surface area contributed by atoms with Crippen LogP contribution in [0.1, 0.15) is 97.1 Å². The molecule has 0 spiro atoms. The van der Waals surface area contributed by atoms with Crippen LogP contribution in [0.5, 0.6) is 0 Å². The molecule has 2 bridgehead atoms. The van der Waals surface area contributed by atoms with Crippen molar-refractivity contribution in [3.8, 4) is 0 Å². The SMILES string of the molecule is C=C(O[C@H]1CC2(O)[C@@H](OC(=O)c3ccccc3)[C@@]3(C)C(C)(C(=O)[C@H](O)C(=C1C)C2(C)C)[C@@H](O)C[C@H]1OC[C@]13OC(C)=O)[C@H](O)[C@@H](NC(=O)OC(C)(C)C)c1ccccc1. The number of ether oxygens (including phenoxy) is 5. The first-order valence-corrected chi connectivity index (χ1v) is 19.9. The van der Waals surface area contributed by atoms with Gasteiger partial charge in [0.1, 0.15) is 47.5 Å². The van der Waals surface area contributed by atoms with E-state index in [1.165, 1.54) is 32.9 Å². The first kappa shape index (κ1) is 44.0. The fraction of sp³-hybridized carbons (Fsp3) is 0.556. The van der Waals surface area contributed by atoms with E-state index < -0.39 is 99.5 Å². The Kier molecular flexibility index (Phi) is 11.3. The predicted molar refractivity (Wildman–Crippen MR) is 212 cm³/mol. The molecule has 2 unspecified atom stereocenters. The van der Waals surface area contributed by atoms with Gasteiger partial charge in [0.2, 0.25) is 0 Å². The number of amides is 1. The molecule has 2 aromatic carbocycles. The lowest BCUT2D eigenvalue weighted by Gasteiger charge is -2.72. The lowest BCUT2D eigenvalue weighted by molar-refractivity contribution is -0.380. The molecule has 6 rings (SSSR count). The molecule has 320 valence electrons. The van der Waals surface area contributed by atoms with Crippen molar-refractivity contribution in [1.29, 1.82) is 0 Å². The van der Waals surface area contributed by atoms with Crippen LogP contribution in [0.4, 0.5) is 4.79 Å². The second-order valence-corrected chi connectivity index (χ2v) is 18.3. The highest BCUT2D eigenvalue weighted by Crippen LogP contribution is 2.70. The zero-order valence-corrected chi connectivity index (χ0v) is 35.1. The van der Waals surface area contributed by atoms with Crippen molar-refractivity contribution < 1.29 is 63.3 Å². The lowest BCUT2D eigenvalue weighted by Crippen LogP contribution is -2.86. The monoisotopic (exact) mass is 819 g/mol. The normalized spacial score (nSPS) is 34.6. The minimum Gasteiger partial charge on any atom is -0.488 e. The van der Waals surface area contributed by atoms with Gasteiger partial charge in [0.25, 0.3) is 0 Å². The van der Waals surface area contributed by atoms with Gasteiger partial charge in [-0.3, -0.25) is 9.59 Å². The molecule has 1 amide bonds. The Balaban J connectivity index is 1.52. The van der Waals surface area contributed by atoms with Crippen LogP contribution in [0.15, 0.2) is 84.1 Å². The van der Waals surface area contributed by atoms with Crippen molar-refractivity contribution >= 4 is 23.8 Å². The van der Waals surface area contributed by atoms with Crippen molar-refractivity contribution in [3.05, 3.63) is 95.3 Å². The van der Waals surface area contributed by atoms with Crippen molar-refractivity contribution in [2.75, 3.05) is 6.61 Å². The molecule has 59 heavy (non-hydrogen) atoms. The minimum absolute atomic E-state index is 0.0415. The summed E-state index contributed by atoms with van der Waals surface area (Å²) in [6.07, 6.45) is -10.4. The lowest BCUT2D eigenvalue weighted by atomic mass is 9.38. The maximum Gasteiger partial charge on any atom is 0.408 e. The number of Topliss-reactive ketones (excluding diaryl/α,β-unsaturated/α-hetero) is 1. The zero-order valence-electron chi connectivity index (χ0n) is 35.1. The van der Waals surface area contributed by atoms with Crippen LogP contribution in [-0.4, -0.2) is 104 Å². The van der Waals surface area contributed by atoms with E-state index >= 15 is 4.79 Å². The first-order chi connectivity index (χ1) is 27.4. The number of fused-ring (bicyclic) bond motifs is 5. The highest BCUT2D eigenvalue weighted by atomic mass is 16.6. The van der Waals surface area contributed by atoms with Crippen molar-refractivity contribution in [1.82, 2.24) is 5.32 Å². The van der Waals surface area contributed by atoms with E-state index in [0.717, 1.165) is 0 Å². The quantitative estimate of drug-likeness (QED) is 0.101. The average Bonchev–Trinajstić information content (AvgIpc) is 3.16. The molecule has 2 saturated carbocycles. The largest absolute Gasteiger partial charge is 0.488 e. The Bertz CT molecular complexity index is 2030. The molecule has 14 nitrogen and oxygen atoms in total. The van der Waals surface area contributed by atoms with Crippen LogP contribution < -0.4 is 5.32 Å². The van der Waals surface area contributed by atoms with Gasteiger partial charge < -0.3 is 49.4 Å². The first-order valence-electron chi connectivity index (χ1n) is 19.9. The summed E-state index contributed by atoms with van der Waals surface area (Å²) in [6, 6.07) is 15.5. The van der Waals surface area contributed by atoms with Gasteiger partial charge in [-0.25, -0.2) is 9.59 Å². The molecule has 4 aliphatic rings. The number of hydrogen-bond acceptors (Lipinski definition) is 13. The Labute approximate surface area is 344 Å². The number of hydrogen-bond donors (Lipinski definition) is 5. The van der Waals surface area contributed by atoms with E-state index in [2.05, 4.69) is 11.9 Å². The molecular formula is C45H57NO13. The summed E-state index contributed by atoms with van der Waals surface area (Å²) < 4.78 is 30.5. The van der Waals surface area contributed by atoms with Crippen molar-refractivity contribution in [3.63, 3.8) is 0 Å². The van der Waals surface area contributed by atoms with Gasteiger partial charge in [-0.05, 0) is 63.5 Å². The highest BCUT2D eigenvalue weighted by molar-refractivity contribution is 5.94. The maximum absolute atomic E-state index is 15.2. The van der Waals surface area contributed by atoms with E-state index in [-0.39, 0.29) is 36.3 Å². The summed E-state index contributed by atoms with van der Waals surface area (Å²) in [7, 11) is 0. The second-order valence-electron chi connectivity index (χ2n) is 18.3. The summed E-state index contributed by atoms with van der Waals surface area (Å²) in [5.41, 5.74) is -9.50. The van der Waals surface area contributed by atoms with E-state index in [4.69, 9.17) is 23.7 Å². The molecule has 0 aromatic heterocycles. The minimum atomic E-state index is -2.28. The van der Waals surface area contributed by atoms with E-state index in [1.807, 2.05) is 0 Å². The molecule has 3 fully saturated rings. The van der Waals surface area contributed by atoms with Gasteiger partial charge in [0, 0.05) is 25.2 Å². The third-order valence-corrected chi connectivity index (χ3v) is 13.6. The Hall–Kier alpha value is -4.60. The van der Waals surface area contributed by atoms with Gasteiger partial charge >= 0.3 is 18.0 Å². The number of esters is 2. The van der Waals surface area contributed by atoms with E-state index in [1.54, 1.807) is 90.1 Å². The van der Waals surface area contributed by atoms with Crippen LogP contribution in [0.2, 0.25) is 0 Å². The summed E-state index contributed by atoms with van der Waals surface area (Å²) in [4.78, 5) is 55.6. The van der Waals surface area contributed by atoms with Gasteiger partial charge in [-0.15, -0.1) is 0 Å². The van der Waals surface area contributed by atoms with Crippen LogP contribution in [0, 0.1) is 16.2 Å². The molecule has 1 saturated heterocycles. The molecule has 5 N–H and O–H groups in total. The summed E-state index contributed by atoms with van der Waals surface area (Å²) in [5, 5.41) is 52.6. The maximum atomic E-state index is 15.2. The number of aliphatic hydroxyl groups excluding tert-OH is 3. The molecule has 1 heterocycles. The summed E-state index contributed by atoms with van der Waals surface area (Å²) >= 11 is 0. The Morgan fingerprint density at radius 1 is 0.966 bits per heavy atom. The van der Waals surface area contributed by atoms with Crippen LogP contribution in [0.25, 0.3) is 0 Å². The molecular weight excluding hydrogens is 762 g/mol. The number of carbonyl (C=O) groups excluding carboxylic acids is 4. The van der Waals surface area contributed by atoms with Crippen molar-refractivity contribution in [2.45, 2.75) is 135 Å². The smallest absolute Gasteiger partial charge is 0.408 e. The van der Waals surface area contributed by atoms with Crippen LogP contribution in [-0.2, 0) is 33.3 Å². The summed E-state index contributed by atoms with van der Waals surface area (Å²) in [6.45, 7) is 17.8. The predicted octanol–water partition coefficient (Wildman–Crippen LogP) is 4.64. The highest BCUT2D eigenvalue weighted by Gasteiger charge is 2.83. The standard InChI is InChI=1S/C45H57NO13/c1-24-29(56-25(2)34(49)33(27-17-13-11-14-18-27)46-39(53)59-40(4,5)6)22-44(54)38(57-37(52)28-19-15-12-16-20-28)43(10)42(9,36(51)35(50)32(24)41(44,7)8)30(48)21-31-45(43,23-55-31)58-26(3)47/h11-20,29-31,33-35,38,48-50,54H,2,21-23H2,1,3-10H3,(H,46,53)/t29-,30-,31+,33-,34-,35+,38-,42?,43-,44?,45-/m0/s1. The molecule has 2 aromatic rings. The van der Waals surface area contributed by atoms with Crippen molar-refractivity contribution in [2.24, 2.45) is 16.2 Å². The fourth-order valence-corrected chi connectivity index (χ4v) is 10.1. The molecule has 0 radical (unpaired) electrons. The molecule has 11 atom stereocenters. The van der Waals surface area contributed by atoms with Gasteiger partial charge in [0.05, 0.1) is 35.1 Å². The van der Waals surface area contributed by atoms with Crippen LogP contribution >= 0.6 is 0 Å². The number of alkyl carbamates (subject to hydrolysis) is 1. The zero-order chi connectivity index (χ0) is 43.7. The number of aliphatic hydroxyl groups is 4. The topological polar surface area (TPSA) is 207 Å². The Morgan fingerprint density at radius 3 is 2.10 bits per heavy atom.